The molecule has 2 nitrogen and oxygen atoms in total. The minimum Gasteiger partial charge on any atom is -0.323 e. The summed E-state index contributed by atoms with van der Waals surface area (Å²) >= 11 is 0. The van der Waals surface area contributed by atoms with Crippen LogP contribution in [0.1, 0.15) is 54.8 Å². The molecular weight excluding hydrogens is 244 g/mol. The first-order valence-corrected chi connectivity index (χ1v) is 8.07. The molecule has 1 aromatic carbocycles. The van der Waals surface area contributed by atoms with Gasteiger partial charge in [0.2, 0.25) is 0 Å². The lowest BCUT2D eigenvalue weighted by Gasteiger charge is -2.28. The monoisotopic (exact) mass is 274 g/mol. The zero-order chi connectivity index (χ0) is 14.5. The molecular formula is C18H30N2. The number of benzene rings is 1. The molecule has 1 aliphatic carbocycles. The summed E-state index contributed by atoms with van der Waals surface area (Å²) in [6.07, 6.45) is 7.08. The Labute approximate surface area is 124 Å². The van der Waals surface area contributed by atoms with Crippen molar-refractivity contribution in [2.24, 2.45) is 11.7 Å². The van der Waals surface area contributed by atoms with Crippen LogP contribution in [0.4, 0.5) is 0 Å². The number of likely N-dealkylation sites (N-methyl/N-ethyl adjacent to an activating group) is 1. The molecule has 112 valence electrons. The Morgan fingerprint density at radius 3 is 2.50 bits per heavy atom. The first-order valence-electron chi connectivity index (χ1n) is 8.07. The second-order valence-corrected chi connectivity index (χ2v) is 6.68. The highest BCUT2D eigenvalue weighted by atomic mass is 15.1. The number of aryl methyl sites for hydroxylation is 2. The molecule has 0 saturated heterocycles. The van der Waals surface area contributed by atoms with Gasteiger partial charge in [-0.2, -0.15) is 0 Å². The fourth-order valence-corrected chi connectivity index (χ4v) is 3.32. The predicted octanol–water partition coefficient (Wildman–Crippen LogP) is 3.82. The maximum atomic E-state index is 6.38. The first kappa shape index (κ1) is 15.5. The lowest BCUT2D eigenvalue weighted by molar-refractivity contribution is 0.224. The van der Waals surface area contributed by atoms with Crippen LogP contribution in [-0.2, 0) is 0 Å². The summed E-state index contributed by atoms with van der Waals surface area (Å²) in [5.74, 6) is 0.890. The largest absolute Gasteiger partial charge is 0.323 e. The number of hydrogen-bond donors (Lipinski definition) is 1. The van der Waals surface area contributed by atoms with Crippen LogP contribution in [0.2, 0.25) is 0 Å². The third-order valence-corrected chi connectivity index (χ3v) is 4.76. The second kappa shape index (κ2) is 7.24. The molecule has 0 bridgehead atoms. The number of hydrogen-bond acceptors (Lipinski definition) is 2. The summed E-state index contributed by atoms with van der Waals surface area (Å²) in [5.41, 5.74) is 10.3. The van der Waals surface area contributed by atoms with Crippen molar-refractivity contribution in [1.82, 2.24) is 4.90 Å². The Morgan fingerprint density at radius 2 is 1.85 bits per heavy atom. The van der Waals surface area contributed by atoms with Gasteiger partial charge in [0.15, 0.2) is 0 Å². The van der Waals surface area contributed by atoms with E-state index in [1.54, 1.807) is 0 Å². The van der Waals surface area contributed by atoms with Crippen molar-refractivity contribution >= 4 is 0 Å². The molecule has 0 aromatic heterocycles. The number of rotatable bonds is 5. The smallest absolute Gasteiger partial charge is 0.0424 e. The Morgan fingerprint density at radius 1 is 1.15 bits per heavy atom. The van der Waals surface area contributed by atoms with E-state index in [0.29, 0.717) is 0 Å². The van der Waals surface area contributed by atoms with E-state index in [1.165, 1.54) is 55.3 Å². The molecule has 1 atom stereocenters. The van der Waals surface area contributed by atoms with E-state index in [1.807, 2.05) is 0 Å². The van der Waals surface area contributed by atoms with Crippen LogP contribution in [0, 0.1) is 19.8 Å². The van der Waals surface area contributed by atoms with Gasteiger partial charge in [-0.15, -0.1) is 0 Å². The lowest BCUT2D eigenvalue weighted by atomic mass is 9.89. The van der Waals surface area contributed by atoms with E-state index < -0.39 is 0 Å². The van der Waals surface area contributed by atoms with E-state index in [4.69, 9.17) is 5.73 Å². The van der Waals surface area contributed by atoms with Crippen molar-refractivity contribution in [2.45, 2.75) is 52.0 Å². The van der Waals surface area contributed by atoms with Crippen LogP contribution >= 0.6 is 0 Å². The van der Waals surface area contributed by atoms with Crippen molar-refractivity contribution in [1.29, 1.82) is 0 Å². The van der Waals surface area contributed by atoms with Gasteiger partial charge in [-0.05, 0) is 56.3 Å². The van der Waals surface area contributed by atoms with Crippen molar-refractivity contribution in [3.05, 3.63) is 34.9 Å². The van der Waals surface area contributed by atoms with Crippen molar-refractivity contribution < 1.29 is 0 Å². The quantitative estimate of drug-likeness (QED) is 0.884. The standard InChI is InChI=1S/C18H30N2/c1-14-9-10-17(11-15(14)2)18(19)13-20(3)12-16-7-5-4-6-8-16/h9-11,16,18H,4-8,12-13,19H2,1-3H3. The van der Waals surface area contributed by atoms with Gasteiger partial charge in [-0.25, -0.2) is 0 Å². The van der Waals surface area contributed by atoms with Gasteiger partial charge in [0, 0.05) is 19.1 Å². The van der Waals surface area contributed by atoms with Gasteiger partial charge in [-0.1, -0.05) is 37.5 Å². The van der Waals surface area contributed by atoms with Crippen LogP contribution in [-0.4, -0.2) is 25.0 Å². The molecule has 0 spiro atoms. The molecule has 1 fully saturated rings. The predicted molar refractivity (Wildman–Crippen MR) is 86.9 cm³/mol. The van der Waals surface area contributed by atoms with E-state index in [-0.39, 0.29) is 6.04 Å². The van der Waals surface area contributed by atoms with E-state index in [0.717, 1.165) is 12.5 Å². The van der Waals surface area contributed by atoms with Crippen molar-refractivity contribution in [3.8, 4) is 0 Å². The molecule has 1 aromatic rings. The topological polar surface area (TPSA) is 29.3 Å². The van der Waals surface area contributed by atoms with Crippen LogP contribution in [0.3, 0.4) is 0 Å². The van der Waals surface area contributed by atoms with E-state index >= 15 is 0 Å². The van der Waals surface area contributed by atoms with E-state index in [9.17, 15) is 0 Å². The molecule has 0 amide bonds. The van der Waals surface area contributed by atoms with Crippen LogP contribution < -0.4 is 5.73 Å². The van der Waals surface area contributed by atoms with E-state index in [2.05, 4.69) is 44.0 Å². The number of nitrogens with zero attached hydrogens (tertiary/aromatic N) is 1. The van der Waals surface area contributed by atoms with Gasteiger partial charge >= 0.3 is 0 Å². The minimum atomic E-state index is 0.128. The summed E-state index contributed by atoms with van der Waals surface area (Å²) in [6.45, 7) is 6.48. The van der Waals surface area contributed by atoms with Gasteiger partial charge in [0.05, 0.1) is 0 Å². The zero-order valence-electron chi connectivity index (χ0n) is 13.4. The summed E-state index contributed by atoms with van der Waals surface area (Å²) < 4.78 is 0. The number of nitrogens with two attached hydrogens (primary N) is 1. The molecule has 2 rings (SSSR count). The van der Waals surface area contributed by atoms with Crippen LogP contribution in [0.15, 0.2) is 18.2 Å². The highest BCUT2D eigenvalue weighted by molar-refractivity contribution is 5.31. The lowest BCUT2D eigenvalue weighted by Crippen LogP contribution is -2.33. The zero-order valence-corrected chi connectivity index (χ0v) is 13.4. The molecule has 1 aliphatic rings. The average molecular weight is 274 g/mol. The first-order chi connectivity index (χ1) is 9.56. The molecule has 0 radical (unpaired) electrons. The summed E-state index contributed by atoms with van der Waals surface area (Å²) in [5, 5.41) is 0. The fourth-order valence-electron chi connectivity index (χ4n) is 3.32. The van der Waals surface area contributed by atoms with Crippen LogP contribution in [0.5, 0.6) is 0 Å². The Kier molecular flexibility index (Phi) is 5.62. The summed E-state index contributed by atoms with van der Waals surface area (Å²) in [7, 11) is 2.22. The third kappa shape index (κ3) is 4.32. The summed E-state index contributed by atoms with van der Waals surface area (Å²) in [4.78, 5) is 2.43. The fraction of sp³-hybridized carbons (Fsp3) is 0.667. The molecule has 1 saturated carbocycles. The molecule has 20 heavy (non-hydrogen) atoms. The van der Waals surface area contributed by atoms with Crippen molar-refractivity contribution in [2.75, 3.05) is 20.1 Å². The highest BCUT2D eigenvalue weighted by Gasteiger charge is 2.17. The third-order valence-electron chi connectivity index (χ3n) is 4.76. The molecule has 0 aliphatic heterocycles. The Bertz CT molecular complexity index is 421. The molecule has 0 heterocycles. The van der Waals surface area contributed by atoms with Gasteiger partial charge < -0.3 is 10.6 Å². The highest BCUT2D eigenvalue weighted by Crippen LogP contribution is 2.24. The second-order valence-electron chi connectivity index (χ2n) is 6.68. The SMILES string of the molecule is Cc1ccc(C(N)CN(C)CC2CCCCC2)cc1C. The Hall–Kier alpha value is -0.860. The summed E-state index contributed by atoms with van der Waals surface area (Å²) in [6, 6.07) is 6.74. The van der Waals surface area contributed by atoms with Gasteiger partial charge in [-0.3, -0.25) is 0 Å². The maximum Gasteiger partial charge on any atom is 0.0424 e. The average Bonchev–Trinajstić information content (AvgIpc) is 2.42. The molecule has 2 heteroatoms. The van der Waals surface area contributed by atoms with Crippen molar-refractivity contribution in [3.63, 3.8) is 0 Å². The maximum absolute atomic E-state index is 6.38. The minimum absolute atomic E-state index is 0.128. The normalized spacial score (nSPS) is 18.4. The molecule has 2 N–H and O–H groups in total. The molecule has 1 unspecified atom stereocenters. The Balaban J connectivity index is 1.86. The van der Waals surface area contributed by atoms with Gasteiger partial charge in [0.25, 0.3) is 0 Å². The van der Waals surface area contributed by atoms with Crippen LogP contribution in [0.25, 0.3) is 0 Å². The van der Waals surface area contributed by atoms with Gasteiger partial charge in [0.1, 0.15) is 0 Å².